The Balaban J connectivity index is 1.43. The number of benzene rings is 2. The van der Waals surface area contributed by atoms with Gasteiger partial charge in [-0.05, 0) is 99.2 Å². The van der Waals surface area contributed by atoms with E-state index in [0.29, 0.717) is 43.6 Å². The van der Waals surface area contributed by atoms with Crippen LogP contribution in [0.3, 0.4) is 0 Å². The number of halogens is 1. The summed E-state index contributed by atoms with van der Waals surface area (Å²) in [6.07, 6.45) is 1.67. The first-order valence-electron chi connectivity index (χ1n) is 18.1. The van der Waals surface area contributed by atoms with Gasteiger partial charge in [0.25, 0.3) is 0 Å². The van der Waals surface area contributed by atoms with E-state index in [2.05, 4.69) is 41.8 Å². The van der Waals surface area contributed by atoms with E-state index >= 15 is 0 Å². The monoisotopic (exact) mass is 687 g/mol. The van der Waals surface area contributed by atoms with E-state index in [1.807, 2.05) is 40.7 Å². The van der Waals surface area contributed by atoms with Gasteiger partial charge in [-0.2, -0.15) is 0 Å². The molecule has 1 N–H and O–H groups in total. The van der Waals surface area contributed by atoms with E-state index < -0.39 is 17.7 Å². The van der Waals surface area contributed by atoms with Crippen molar-refractivity contribution in [3.63, 3.8) is 0 Å². The van der Waals surface area contributed by atoms with Crippen LogP contribution in [0, 0.1) is 31.0 Å². The number of carboxylic acids is 1. The van der Waals surface area contributed by atoms with Crippen molar-refractivity contribution in [3.05, 3.63) is 81.4 Å². The number of anilines is 1. The summed E-state index contributed by atoms with van der Waals surface area (Å²) in [6.45, 7) is 20.6. The van der Waals surface area contributed by atoms with Crippen LogP contribution in [0.1, 0.15) is 92.8 Å². The molecule has 4 heterocycles. The SMILES string of the molecule is Cc1cc(F)ccc1CN1CCc2cc(-c3c(COCC4COC4)nc(C)c([C@H](OC(C)(C)C)C(=O)O)c3N3CCC(C)(C)CC3)ccc2C1. The van der Waals surface area contributed by atoms with E-state index in [0.717, 1.165) is 85.6 Å². The number of nitrogens with zero attached hydrogens (tertiary/aromatic N) is 3. The van der Waals surface area contributed by atoms with E-state index in [-0.39, 0.29) is 11.2 Å². The van der Waals surface area contributed by atoms with E-state index in [1.165, 1.54) is 11.1 Å². The zero-order valence-electron chi connectivity index (χ0n) is 30.9. The Kier molecular flexibility index (Phi) is 10.7. The fourth-order valence-electron chi connectivity index (χ4n) is 7.42. The summed E-state index contributed by atoms with van der Waals surface area (Å²) in [4.78, 5) is 23.0. The van der Waals surface area contributed by atoms with Gasteiger partial charge in [-0.15, -0.1) is 0 Å². The van der Waals surface area contributed by atoms with Crippen LogP contribution >= 0.6 is 0 Å². The van der Waals surface area contributed by atoms with Crippen LogP contribution in [-0.4, -0.2) is 66.0 Å². The number of piperidine rings is 1. The quantitative estimate of drug-likeness (QED) is 0.219. The summed E-state index contributed by atoms with van der Waals surface area (Å²) < 4.78 is 31.8. The molecule has 1 aromatic heterocycles. The number of aliphatic carboxylic acids is 1. The number of pyridine rings is 1. The molecule has 8 nitrogen and oxygen atoms in total. The number of carbonyl (C=O) groups is 1. The maximum absolute atomic E-state index is 13.8. The van der Waals surface area contributed by atoms with Crippen LogP contribution in [0.2, 0.25) is 0 Å². The minimum Gasteiger partial charge on any atom is -0.479 e. The average Bonchev–Trinajstić information content (AvgIpc) is 3.01. The van der Waals surface area contributed by atoms with Gasteiger partial charge in [0.2, 0.25) is 0 Å². The number of aryl methyl sites for hydroxylation is 2. The third kappa shape index (κ3) is 8.39. The average molecular weight is 688 g/mol. The fraction of sp³-hybridized carbons (Fsp3) is 0.561. The standard InChI is InChI=1S/C41H54FN3O5/c1-26-18-33(42)11-10-31(26)20-44-15-12-29-19-30(8-9-32(29)21-44)36-34(25-49-24-28-22-48-23-28)43-27(2)35(38(39(46)47)50-40(3,4)5)37(36)45-16-13-41(6,7)14-17-45/h8-11,18-19,28,38H,12-17,20-25H2,1-7H3,(H,46,47)/t38-/m0/s1. The van der Waals surface area contributed by atoms with Crippen molar-refractivity contribution in [1.82, 2.24) is 9.88 Å². The summed E-state index contributed by atoms with van der Waals surface area (Å²) in [5.74, 6) is -0.847. The molecule has 0 bridgehead atoms. The van der Waals surface area contributed by atoms with Crippen LogP contribution < -0.4 is 4.90 Å². The lowest BCUT2D eigenvalue weighted by Crippen LogP contribution is -2.39. The Bertz CT molecular complexity index is 1700. The molecule has 2 fully saturated rings. The Morgan fingerprint density at radius 3 is 2.46 bits per heavy atom. The highest BCUT2D eigenvalue weighted by atomic mass is 19.1. The Morgan fingerprint density at radius 2 is 1.82 bits per heavy atom. The van der Waals surface area contributed by atoms with Crippen molar-refractivity contribution in [2.75, 3.05) is 44.4 Å². The topological polar surface area (TPSA) is 84.4 Å². The molecule has 3 aliphatic rings. The highest BCUT2D eigenvalue weighted by molar-refractivity contribution is 5.88. The number of hydrogen-bond acceptors (Lipinski definition) is 7. The van der Waals surface area contributed by atoms with Crippen LogP contribution in [0.5, 0.6) is 0 Å². The number of aromatic nitrogens is 1. The highest BCUT2D eigenvalue weighted by Crippen LogP contribution is 2.46. The number of ether oxygens (including phenoxy) is 3. The van der Waals surface area contributed by atoms with Crippen LogP contribution in [0.25, 0.3) is 11.1 Å². The molecule has 50 heavy (non-hydrogen) atoms. The van der Waals surface area contributed by atoms with Gasteiger partial charge in [0.15, 0.2) is 6.10 Å². The van der Waals surface area contributed by atoms with Crippen LogP contribution in [0.4, 0.5) is 10.1 Å². The maximum Gasteiger partial charge on any atom is 0.337 e. The minimum absolute atomic E-state index is 0.202. The largest absolute Gasteiger partial charge is 0.479 e. The molecule has 0 unspecified atom stereocenters. The second-order valence-electron chi connectivity index (χ2n) is 16.3. The number of fused-ring (bicyclic) bond motifs is 1. The molecule has 1 atom stereocenters. The number of hydrogen-bond donors (Lipinski definition) is 1. The van der Waals surface area contributed by atoms with Gasteiger partial charge in [-0.3, -0.25) is 9.88 Å². The molecule has 0 spiro atoms. The third-order valence-electron chi connectivity index (χ3n) is 10.4. The smallest absolute Gasteiger partial charge is 0.337 e. The van der Waals surface area contributed by atoms with Crippen molar-refractivity contribution in [2.24, 2.45) is 11.3 Å². The molecule has 2 aromatic carbocycles. The summed E-state index contributed by atoms with van der Waals surface area (Å²) in [7, 11) is 0. The lowest BCUT2D eigenvalue weighted by molar-refractivity contribution is -0.160. The Hall–Kier alpha value is -3.37. The van der Waals surface area contributed by atoms with Gasteiger partial charge >= 0.3 is 5.97 Å². The molecule has 0 aliphatic carbocycles. The van der Waals surface area contributed by atoms with Gasteiger partial charge in [-0.25, -0.2) is 9.18 Å². The third-order valence-corrected chi connectivity index (χ3v) is 10.4. The molecule has 9 heteroatoms. The molecular weight excluding hydrogens is 633 g/mol. The van der Waals surface area contributed by atoms with Gasteiger partial charge < -0.3 is 24.2 Å². The molecule has 6 rings (SSSR count). The molecule has 0 amide bonds. The van der Waals surface area contributed by atoms with E-state index in [4.69, 9.17) is 19.2 Å². The maximum atomic E-state index is 13.8. The fourth-order valence-corrected chi connectivity index (χ4v) is 7.42. The Morgan fingerprint density at radius 1 is 1.08 bits per heavy atom. The zero-order chi connectivity index (χ0) is 35.8. The molecule has 270 valence electrons. The van der Waals surface area contributed by atoms with Crippen LogP contribution in [0.15, 0.2) is 36.4 Å². The second kappa shape index (κ2) is 14.7. The van der Waals surface area contributed by atoms with Crippen molar-refractivity contribution in [2.45, 2.75) is 99.1 Å². The first-order valence-corrected chi connectivity index (χ1v) is 18.1. The summed E-state index contributed by atoms with van der Waals surface area (Å²) in [5.41, 5.74) is 9.12. The lowest BCUT2D eigenvalue weighted by atomic mass is 9.81. The molecular formula is C41H54FN3O5. The second-order valence-corrected chi connectivity index (χ2v) is 16.3. The predicted octanol–water partition coefficient (Wildman–Crippen LogP) is 7.79. The molecule has 2 saturated heterocycles. The Labute approximate surface area is 296 Å². The zero-order valence-corrected chi connectivity index (χ0v) is 30.9. The molecule has 0 radical (unpaired) electrons. The summed E-state index contributed by atoms with van der Waals surface area (Å²) >= 11 is 0. The molecule has 3 aliphatic heterocycles. The normalized spacial score (nSPS) is 18.8. The van der Waals surface area contributed by atoms with Crippen molar-refractivity contribution < 1.29 is 28.5 Å². The number of carboxylic acid groups (broad SMARTS) is 1. The number of rotatable bonds is 11. The van der Waals surface area contributed by atoms with Crippen molar-refractivity contribution in [1.29, 1.82) is 0 Å². The van der Waals surface area contributed by atoms with Gasteiger partial charge in [0.05, 0.1) is 43.4 Å². The minimum atomic E-state index is -1.19. The first kappa shape index (κ1) is 36.4. The summed E-state index contributed by atoms with van der Waals surface area (Å²) in [6, 6.07) is 11.7. The van der Waals surface area contributed by atoms with Crippen LogP contribution in [-0.2, 0) is 45.1 Å². The van der Waals surface area contributed by atoms with Gasteiger partial charge in [0, 0.05) is 55.5 Å². The van der Waals surface area contributed by atoms with E-state index in [1.54, 1.807) is 12.1 Å². The van der Waals surface area contributed by atoms with Crippen molar-refractivity contribution >= 4 is 11.7 Å². The van der Waals surface area contributed by atoms with Crippen molar-refractivity contribution in [3.8, 4) is 11.1 Å². The molecule has 3 aromatic rings. The van der Waals surface area contributed by atoms with E-state index in [9.17, 15) is 14.3 Å². The summed E-state index contributed by atoms with van der Waals surface area (Å²) in [5, 5.41) is 10.7. The first-order chi connectivity index (χ1) is 23.7. The predicted molar refractivity (Wildman–Crippen MR) is 194 cm³/mol. The molecule has 0 saturated carbocycles. The van der Waals surface area contributed by atoms with Gasteiger partial charge in [-0.1, -0.05) is 38.1 Å². The lowest BCUT2D eigenvalue weighted by Gasteiger charge is -2.41. The van der Waals surface area contributed by atoms with Gasteiger partial charge in [0.1, 0.15) is 5.82 Å². The highest BCUT2D eigenvalue weighted by Gasteiger charge is 2.37.